The monoisotopic (exact) mass is 268 g/mol. The Morgan fingerprint density at radius 2 is 2.00 bits per heavy atom. The summed E-state index contributed by atoms with van der Waals surface area (Å²) in [5, 5.41) is 8.85. The number of benzene rings is 1. The smallest absolute Gasteiger partial charge is 0.335 e. The molecule has 19 heavy (non-hydrogen) atoms. The van der Waals surface area contributed by atoms with Crippen LogP contribution in [0.5, 0.6) is 5.75 Å². The van der Waals surface area contributed by atoms with Crippen molar-refractivity contribution in [3.63, 3.8) is 0 Å². The maximum Gasteiger partial charge on any atom is 0.335 e. The van der Waals surface area contributed by atoms with Crippen molar-refractivity contribution in [3.05, 3.63) is 29.3 Å². The van der Waals surface area contributed by atoms with Gasteiger partial charge in [0.2, 0.25) is 0 Å². The first-order valence-electron chi connectivity index (χ1n) is 6.18. The Balaban J connectivity index is 2.28. The molecule has 5 heteroatoms. The standard InChI is InChI=1S/C14H20O5/c1-11-10-12(14(15)16)4-5-13(11)19-9-8-18-7-3-6-17-2/h4-5,10H,3,6-9H2,1-2H3,(H,15,16). The first-order valence-corrected chi connectivity index (χ1v) is 6.18. The third kappa shape index (κ3) is 5.72. The number of rotatable bonds is 9. The number of carboxylic acid groups (broad SMARTS) is 1. The molecule has 1 aromatic carbocycles. The molecule has 0 aliphatic carbocycles. The molecule has 0 aliphatic rings. The van der Waals surface area contributed by atoms with Crippen molar-refractivity contribution >= 4 is 5.97 Å². The second-order valence-corrected chi connectivity index (χ2v) is 4.09. The van der Waals surface area contributed by atoms with Crippen molar-refractivity contribution in [1.29, 1.82) is 0 Å². The lowest BCUT2D eigenvalue weighted by Gasteiger charge is -2.10. The highest BCUT2D eigenvalue weighted by atomic mass is 16.5. The van der Waals surface area contributed by atoms with Crippen LogP contribution in [0.15, 0.2) is 18.2 Å². The number of hydrogen-bond acceptors (Lipinski definition) is 4. The minimum Gasteiger partial charge on any atom is -0.491 e. The Morgan fingerprint density at radius 1 is 1.21 bits per heavy atom. The summed E-state index contributed by atoms with van der Waals surface area (Å²) in [5.74, 6) is -0.249. The van der Waals surface area contributed by atoms with E-state index >= 15 is 0 Å². The third-order valence-corrected chi connectivity index (χ3v) is 2.54. The molecule has 0 bridgehead atoms. The molecule has 106 valence electrons. The lowest BCUT2D eigenvalue weighted by molar-refractivity contribution is 0.0696. The topological polar surface area (TPSA) is 65.0 Å². The highest BCUT2D eigenvalue weighted by Gasteiger charge is 2.06. The normalized spacial score (nSPS) is 10.4. The van der Waals surface area contributed by atoms with Crippen molar-refractivity contribution < 1.29 is 24.1 Å². The van der Waals surface area contributed by atoms with Crippen LogP contribution in [-0.4, -0.2) is 44.6 Å². The minimum atomic E-state index is -0.934. The van der Waals surface area contributed by atoms with Crippen LogP contribution in [0.4, 0.5) is 0 Å². The van der Waals surface area contributed by atoms with Crippen molar-refractivity contribution in [3.8, 4) is 5.75 Å². The van der Waals surface area contributed by atoms with Crippen LogP contribution in [0, 0.1) is 6.92 Å². The quantitative estimate of drug-likeness (QED) is 0.695. The van der Waals surface area contributed by atoms with E-state index in [-0.39, 0.29) is 5.56 Å². The molecule has 0 saturated carbocycles. The van der Waals surface area contributed by atoms with Gasteiger partial charge < -0.3 is 19.3 Å². The average Bonchev–Trinajstić information content (AvgIpc) is 2.39. The van der Waals surface area contributed by atoms with E-state index in [0.717, 1.165) is 12.0 Å². The molecule has 0 unspecified atom stereocenters. The SMILES string of the molecule is COCCCOCCOc1ccc(C(=O)O)cc1C. The van der Waals surface area contributed by atoms with Gasteiger partial charge in [-0.15, -0.1) is 0 Å². The van der Waals surface area contributed by atoms with Crippen molar-refractivity contribution in [2.75, 3.05) is 33.5 Å². The van der Waals surface area contributed by atoms with E-state index in [1.54, 1.807) is 19.2 Å². The minimum absolute atomic E-state index is 0.265. The van der Waals surface area contributed by atoms with Gasteiger partial charge in [-0.25, -0.2) is 4.79 Å². The van der Waals surface area contributed by atoms with E-state index in [2.05, 4.69) is 0 Å². The van der Waals surface area contributed by atoms with Crippen molar-refractivity contribution in [2.24, 2.45) is 0 Å². The van der Waals surface area contributed by atoms with Gasteiger partial charge in [-0.3, -0.25) is 0 Å². The molecule has 0 atom stereocenters. The summed E-state index contributed by atoms with van der Waals surface area (Å²) in [5.41, 5.74) is 1.07. The van der Waals surface area contributed by atoms with Crippen LogP contribution in [0.3, 0.4) is 0 Å². The van der Waals surface area contributed by atoms with Crippen LogP contribution in [0.25, 0.3) is 0 Å². The summed E-state index contributed by atoms with van der Waals surface area (Å²) in [4.78, 5) is 10.8. The van der Waals surface area contributed by atoms with E-state index in [0.29, 0.717) is 32.2 Å². The second-order valence-electron chi connectivity index (χ2n) is 4.09. The van der Waals surface area contributed by atoms with Gasteiger partial charge in [0, 0.05) is 20.3 Å². The third-order valence-electron chi connectivity index (χ3n) is 2.54. The molecule has 0 saturated heterocycles. The number of carboxylic acids is 1. The number of aryl methyl sites for hydroxylation is 1. The van der Waals surface area contributed by atoms with Crippen LogP contribution < -0.4 is 4.74 Å². The number of methoxy groups -OCH3 is 1. The zero-order valence-electron chi connectivity index (χ0n) is 11.3. The van der Waals surface area contributed by atoms with Gasteiger partial charge in [0.25, 0.3) is 0 Å². The first kappa shape index (κ1) is 15.5. The van der Waals surface area contributed by atoms with Gasteiger partial charge in [-0.1, -0.05) is 0 Å². The molecule has 5 nitrogen and oxygen atoms in total. The summed E-state index contributed by atoms with van der Waals surface area (Å²) >= 11 is 0. The van der Waals surface area contributed by atoms with Crippen LogP contribution >= 0.6 is 0 Å². The fraction of sp³-hybridized carbons (Fsp3) is 0.500. The summed E-state index contributed by atoms with van der Waals surface area (Å²) in [7, 11) is 1.66. The highest BCUT2D eigenvalue weighted by molar-refractivity contribution is 5.88. The zero-order chi connectivity index (χ0) is 14.1. The predicted octanol–water partition coefficient (Wildman–Crippen LogP) is 2.13. The number of aromatic carboxylic acids is 1. The largest absolute Gasteiger partial charge is 0.491 e. The fourth-order valence-electron chi connectivity index (χ4n) is 1.56. The summed E-state index contributed by atoms with van der Waals surface area (Å²) in [6.07, 6.45) is 0.864. The zero-order valence-corrected chi connectivity index (χ0v) is 11.3. The molecule has 0 aliphatic heterocycles. The average molecular weight is 268 g/mol. The Labute approximate surface area is 113 Å². The Kier molecular flexibility index (Phi) is 6.92. The van der Waals surface area contributed by atoms with Gasteiger partial charge in [0.05, 0.1) is 12.2 Å². The van der Waals surface area contributed by atoms with Gasteiger partial charge in [0.15, 0.2) is 0 Å². The summed E-state index contributed by atoms with van der Waals surface area (Å²) in [6.45, 7) is 4.11. The number of ether oxygens (including phenoxy) is 3. The number of hydrogen-bond donors (Lipinski definition) is 1. The number of carbonyl (C=O) groups is 1. The molecular formula is C14H20O5. The molecule has 0 heterocycles. The van der Waals surface area contributed by atoms with Crippen molar-refractivity contribution in [1.82, 2.24) is 0 Å². The predicted molar refractivity (Wildman–Crippen MR) is 70.9 cm³/mol. The molecule has 0 radical (unpaired) electrons. The lowest BCUT2D eigenvalue weighted by Crippen LogP contribution is -2.09. The van der Waals surface area contributed by atoms with Gasteiger partial charge >= 0.3 is 5.97 Å². The summed E-state index contributed by atoms with van der Waals surface area (Å²) < 4.78 is 15.8. The summed E-state index contributed by atoms with van der Waals surface area (Å²) in [6, 6.07) is 4.80. The second kappa shape index (κ2) is 8.50. The van der Waals surface area contributed by atoms with E-state index in [4.69, 9.17) is 19.3 Å². The molecule has 0 aromatic heterocycles. The Morgan fingerprint density at radius 3 is 2.63 bits per heavy atom. The van der Waals surface area contributed by atoms with E-state index in [1.807, 2.05) is 6.92 Å². The van der Waals surface area contributed by atoms with E-state index in [1.165, 1.54) is 6.07 Å². The Hall–Kier alpha value is -1.59. The maximum atomic E-state index is 10.8. The highest BCUT2D eigenvalue weighted by Crippen LogP contribution is 2.19. The molecular weight excluding hydrogens is 248 g/mol. The van der Waals surface area contributed by atoms with Crippen molar-refractivity contribution in [2.45, 2.75) is 13.3 Å². The van der Waals surface area contributed by atoms with Crippen LogP contribution in [-0.2, 0) is 9.47 Å². The molecule has 1 aromatic rings. The van der Waals surface area contributed by atoms with Gasteiger partial charge in [0.1, 0.15) is 12.4 Å². The molecule has 0 amide bonds. The van der Waals surface area contributed by atoms with Crippen LogP contribution in [0.2, 0.25) is 0 Å². The molecule has 1 rings (SSSR count). The molecule has 0 spiro atoms. The van der Waals surface area contributed by atoms with Gasteiger partial charge in [-0.2, -0.15) is 0 Å². The maximum absolute atomic E-state index is 10.8. The van der Waals surface area contributed by atoms with Gasteiger partial charge in [-0.05, 0) is 37.1 Å². The Bertz CT molecular complexity index is 403. The lowest BCUT2D eigenvalue weighted by atomic mass is 10.1. The first-order chi connectivity index (χ1) is 9.15. The fourth-order valence-corrected chi connectivity index (χ4v) is 1.56. The molecule has 0 fully saturated rings. The van der Waals surface area contributed by atoms with Crippen LogP contribution in [0.1, 0.15) is 22.3 Å². The van der Waals surface area contributed by atoms with E-state index < -0.39 is 5.97 Å². The molecule has 1 N–H and O–H groups in total. The van der Waals surface area contributed by atoms with E-state index in [9.17, 15) is 4.79 Å².